The molecule has 0 radical (unpaired) electrons. The van der Waals surface area contributed by atoms with Gasteiger partial charge in [-0.05, 0) is 43.1 Å². The van der Waals surface area contributed by atoms with Crippen molar-refractivity contribution in [1.29, 1.82) is 0 Å². The van der Waals surface area contributed by atoms with E-state index in [1.807, 2.05) is 11.3 Å². The van der Waals surface area contributed by atoms with Crippen LogP contribution in [-0.4, -0.2) is 6.54 Å². The van der Waals surface area contributed by atoms with Crippen LogP contribution < -0.4 is 5.32 Å². The topological polar surface area (TPSA) is 12.0 Å². The Morgan fingerprint density at radius 2 is 2.00 bits per heavy atom. The molecule has 0 amide bonds. The molecule has 0 saturated heterocycles. The van der Waals surface area contributed by atoms with E-state index in [0.29, 0.717) is 6.04 Å². The van der Waals surface area contributed by atoms with Gasteiger partial charge in [-0.2, -0.15) is 0 Å². The van der Waals surface area contributed by atoms with Crippen LogP contribution in [0.5, 0.6) is 0 Å². The Bertz CT molecular complexity index is 501. The first kappa shape index (κ1) is 13.3. The molecule has 0 fully saturated rings. The van der Waals surface area contributed by atoms with E-state index in [2.05, 4.69) is 62.5 Å². The fraction of sp³-hybridized carbons (Fsp3) is 0.375. The van der Waals surface area contributed by atoms with Gasteiger partial charge < -0.3 is 5.32 Å². The summed E-state index contributed by atoms with van der Waals surface area (Å²) >= 11 is 1.89. The lowest BCUT2D eigenvalue weighted by atomic mass is 10.1. The molecule has 0 aliphatic carbocycles. The van der Waals surface area contributed by atoms with Gasteiger partial charge in [-0.1, -0.05) is 38.1 Å². The van der Waals surface area contributed by atoms with Gasteiger partial charge in [0.1, 0.15) is 0 Å². The Hall–Kier alpha value is -1.12. The smallest absolute Gasteiger partial charge is 0.0386 e. The summed E-state index contributed by atoms with van der Waals surface area (Å²) in [5.41, 5.74) is 2.75. The lowest BCUT2D eigenvalue weighted by Crippen LogP contribution is -2.16. The number of nitrogens with one attached hydrogen (secondary N) is 1. The van der Waals surface area contributed by atoms with E-state index in [-0.39, 0.29) is 0 Å². The zero-order valence-electron chi connectivity index (χ0n) is 11.4. The Kier molecular flexibility index (Phi) is 4.56. The van der Waals surface area contributed by atoms with Gasteiger partial charge in [0, 0.05) is 15.8 Å². The van der Waals surface area contributed by atoms with Crippen molar-refractivity contribution < 1.29 is 0 Å². The molecule has 18 heavy (non-hydrogen) atoms. The first-order valence-corrected chi connectivity index (χ1v) is 7.48. The second kappa shape index (κ2) is 6.17. The normalized spacial score (nSPS) is 12.6. The van der Waals surface area contributed by atoms with Crippen LogP contribution >= 0.6 is 11.3 Å². The van der Waals surface area contributed by atoms with Gasteiger partial charge in [0.2, 0.25) is 0 Å². The number of hydrogen-bond donors (Lipinski definition) is 1. The summed E-state index contributed by atoms with van der Waals surface area (Å²) in [6, 6.07) is 13.8. The zero-order chi connectivity index (χ0) is 13.0. The van der Waals surface area contributed by atoms with Gasteiger partial charge in [-0.15, -0.1) is 11.3 Å². The third-order valence-corrected chi connectivity index (χ3v) is 4.50. The van der Waals surface area contributed by atoms with Gasteiger partial charge in [0.15, 0.2) is 0 Å². The van der Waals surface area contributed by atoms with Gasteiger partial charge in [0.05, 0.1) is 0 Å². The van der Waals surface area contributed by atoms with Crippen LogP contribution in [0, 0.1) is 0 Å². The maximum atomic E-state index is 3.46. The Morgan fingerprint density at radius 1 is 1.17 bits per heavy atom. The zero-order valence-corrected chi connectivity index (χ0v) is 12.2. The summed E-state index contributed by atoms with van der Waals surface area (Å²) in [4.78, 5) is 2.78. The van der Waals surface area contributed by atoms with Crippen molar-refractivity contribution in [2.75, 3.05) is 6.54 Å². The average molecular weight is 259 g/mol. The van der Waals surface area contributed by atoms with Crippen LogP contribution in [0.3, 0.4) is 0 Å². The quantitative estimate of drug-likeness (QED) is 0.824. The molecule has 1 N–H and O–H groups in total. The van der Waals surface area contributed by atoms with Crippen LogP contribution in [0.2, 0.25) is 0 Å². The van der Waals surface area contributed by atoms with Crippen molar-refractivity contribution in [2.24, 2.45) is 0 Å². The fourth-order valence-corrected chi connectivity index (χ4v) is 3.12. The molecule has 2 heteroatoms. The van der Waals surface area contributed by atoms with Crippen LogP contribution in [0.15, 0.2) is 36.4 Å². The molecular formula is C16H21NS. The second-order valence-electron chi connectivity index (χ2n) is 4.54. The monoisotopic (exact) mass is 259 g/mol. The van der Waals surface area contributed by atoms with Crippen LogP contribution in [0.4, 0.5) is 0 Å². The lowest BCUT2D eigenvalue weighted by Gasteiger charge is -2.09. The third-order valence-electron chi connectivity index (χ3n) is 3.18. The molecule has 0 aliphatic rings. The summed E-state index contributed by atoms with van der Waals surface area (Å²) in [5, 5.41) is 3.46. The highest BCUT2D eigenvalue weighted by Gasteiger charge is 2.08. The number of aryl methyl sites for hydroxylation is 1. The summed E-state index contributed by atoms with van der Waals surface area (Å²) in [6.45, 7) is 7.59. The van der Waals surface area contributed by atoms with E-state index >= 15 is 0 Å². The first-order valence-electron chi connectivity index (χ1n) is 6.67. The molecule has 1 aromatic heterocycles. The van der Waals surface area contributed by atoms with E-state index in [1.165, 1.54) is 20.9 Å². The van der Waals surface area contributed by atoms with E-state index in [1.54, 1.807) is 0 Å². The van der Waals surface area contributed by atoms with E-state index < -0.39 is 0 Å². The average Bonchev–Trinajstić information content (AvgIpc) is 2.89. The minimum Gasteiger partial charge on any atom is -0.310 e. The van der Waals surface area contributed by atoms with Gasteiger partial charge in [-0.25, -0.2) is 0 Å². The van der Waals surface area contributed by atoms with Gasteiger partial charge in [-0.3, -0.25) is 0 Å². The molecule has 1 nitrogen and oxygen atoms in total. The molecule has 2 rings (SSSR count). The van der Waals surface area contributed by atoms with Gasteiger partial charge in [0.25, 0.3) is 0 Å². The maximum Gasteiger partial charge on any atom is 0.0386 e. The molecule has 0 spiro atoms. The third kappa shape index (κ3) is 3.01. The Labute approximate surface area is 114 Å². The Morgan fingerprint density at radius 3 is 2.72 bits per heavy atom. The lowest BCUT2D eigenvalue weighted by molar-refractivity contribution is 0.607. The first-order chi connectivity index (χ1) is 8.74. The molecule has 1 aromatic carbocycles. The standard InChI is InChI=1S/C16H21NS/c1-4-13-7-6-8-14(11-13)16-10-9-15(18-16)12(3)17-5-2/h6-12,17H,4-5H2,1-3H3. The molecule has 1 atom stereocenters. The molecular weight excluding hydrogens is 238 g/mol. The number of thiophene rings is 1. The molecule has 2 aromatic rings. The second-order valence-corrected chi connectivity index (χ2v) is 5.65. The van der Waals surface area contributed by atoms with Crippen molar-refractivity contribution >= 4 is 11.3 Å². The molecule has 1 unspecified atom stereocenters. The van der Waals surface area contributed by atoms with Crippen LogP contribution in [0.25, 0.3) is 10.4 Å². The highest BCUT2D eigenvalue weighted by atomic mass is 32.1. The molecule has 0 aliphatic heterocycles. The molecule has 1 heterocycles. The molecule has 0 saturated carbocycles. The largest absolute Gasteiger partial charge is 0.310 e. The van der Waals surface area contributed by atoms with Crippen LogP contribution in [-0.2, 0) is 6.42 Å². The predicted molar refractivity (Wildman–Crippen MR) is 81.2 cm³/mol. The summed E-state index contributed by atoms with van der Waals surface area (Å²) < 4.78 is 0. The van der Waals surface area contributed by atoms with E-state index in [4.69, 9.17) is 0 Å². The predicted octanol–water partition coefficient (Wildman–Crippen LogP) is 4.65. The SMILES string of the molecule is CCNC(C)c1ccc(-c2cccc(CC)c2)s1. The molecule has 0 bridgehead atoms. The summed E-state index contributed by atoms with van der Waals surface area (Å²) in [7, 11) is 0. The minimum absolute atomic E-state index is 0.447. The van der Waals surface area contributed by atoms with E-state index in [9.17, 15) is 0 Å². The van der Waals surface area contributed by atoms with Crippen molar-refractivity contribution in [3.63, 3.8) is 0 Å². The maximum absolute atomic E-state index is 3.46. The molecule has 96 valence electrons. The van der Waals surface area contributed by atoms with E-state index in [0.717, 1.165) is 13.0 Å². The highest BCUT2D eigenvalue weighted by molar-refractivity contribution is 7.15. The minimum atomic E-state index is 0.447. The van der Waals surface area contributed by atoms with Crippen LogP contribution in [0.1, 0.15) is 37.3 Å². The summed E-state index contributed by atoms with van der Waals surface area (Å²) in [5.74, 6) is 0. The van der Waals surface area contributed by atoms with Gasteiger partial charge >= 0.3 is 0 Å². The van der Waals surface area contributed by atoms with Crippen molar-refractivity contribution in [1.82, 2.24) is 5.32 Å². The highest BCUT2D eigenvalue weighted by Crippen LogP contribution is 2.31. The number of benzene rings is 1. The Balaban J connectivity index is 2.23. The number of rotatable bonds is 5. The van der Waals surface area contributed by atoms with Crippen molar-refractivity contribution in [3.05, 3.63) is 46.8 Å². The van der Waals surface area contributed by atoms with Crippen molar-refractivity contribution in [3.8, 4) is 10.4 Å². The van der Waals surface area contributed by atoms with Crippen molar-refractivity contribution in [2.45, 2.75) is 33.2 Å². The number of hydrogen-bond acceptors (Lipinski definition) is 2. The summed E-state index contributed by atoms with van der Waals surface area (Å²) in [6.07, 6.45) is 1.10. The fourth-order valence-electron chi connectivity index (χ4n) is 2.09.